The quantitative estimate of drug-likeness (QED) is 0.500. The highest BCUT2D eigenvalue weighted by Gasteiger charge is 2.09. The molecule has 1 aromatic heterocycles. The van der Waals surface area contributed by atoms with Gasteiger partial charge in [-0.1, -0.05) is 0 Å². The van der Waals surface area contributed by atoms with E-state index in [2.05, 4.69) is 10.3 Å². The van der Waals surface area contributed by atoms with Crippen molar-refractivity contribution in [3.8, 4) is 0 Å². The normalized spacial score (nSPS) is 10.2. The number of amides is 1. The Morgan fingerprint density at radius 2 is 2.30 bits per heavy atom. The van der Waals surface area contributed by atoms with Crippen LogP contribution in [0.5, 0.6) is 0 Å². The molecule has 0 fully saturated rings. The van der Waals surface area contributed by atoms with E-state index in [1.54, 1.807) is 16.8 Å². The van der Waals surface area contributed by atoms with Gasteiger partial charge in [0.05, 0.1) is 5.52 Å². The fourth-order valence-electron chi connectivity index (χ4n) is 2.02. The third-order valence-electron chi connectivity index (χ3n) is 2.84. The molecule has 0 aliphatic carbocycles. The maximum atomic E-state index is 13.2. The van der Waals surface area contributed by atoms with Crippen LogP contribution in [0.15, 0.2) is 29.4 Å². The topological polar surface area (TPSA) is 83.7 Å². The number of hydrogen-bond donors (Lipinski definition) is 2. The zero-order valence-electron chi connectivity index (χ0n) is 10.5. The summed E-state index contributed by atoms with van der Waals surface area (Å²) in [5.74, 6) is -0.412. The lowest BCUT2D eigenvalue weighted by molar-refractivity contribution is 0.194. The summed E-state index contributed by atoms with van der Waals surface area (Å²) < 4.78 is 15.0. The smallest absolute Gasteiger partial charge is 0.404 e. The lowest BCUT2D eigenvalue weighted by Gasteiger charge is -2.05. The minimum atomic E-state index is -1.07. The van der Waals surface area contributed by atoms with Gasteiger partial charge >= 0.3 is 6.09 Å². The summed E-state index contributed by atoms with van der Waals surface area (Å²) in [6.07, 6.45) is 2.55. The largest absolute Gasteiger partial charge is 0.465 e. The number of aryl methyl sites for hydroxylation is 1. The van der Waals surface area contributed by atoms with Crippen molar-refractivity contribution in [1.29, 1.82) is 0 Å². The first kappa shape index (κ1) is 13.8. The Labute approximate surface area is 113 Å². The minimum Gasteiger partial charge on any atom is -0.465 e. The zero-order valence-corrected chi connectivity index (χ0v) is 10.5. The lowest BCUT2D eigenvalue weighted by atomic mass is 10.2. The summed E-state index contributed by atoms with van der Waals surface area (Å²) in [6, 6.07) is 4.22. The van der Waals surface area contributed by atoms with Gasteiger partial charge in [0.2, 0.25) is 6.08 Å². The first-order chi connectivity index (χ1) is 9.61. The SMILES string of the molecule is O=C=Nc1cn(CCCNC(=O)O)c2ccc(F)cc12. The average Bonchev–Trinajstić information content (AvgIpc) is 2.73. The molecule has 1 heterocycles. The fourth-order valence-corrected chi connectivity index (χ4v) is 2.02. The van der Waals surface area contributed by atoms with Gasteiger partial charge in [-0.25, -0.2) is 14.0 Å². The monoisotopic (exact) mass is 277 g/mol. The maximum Gasteiger partial charge on any atom is 0.404 e. The van der Waals surface area contributed by atoms with Crippen LogP contribution in [0.2, 0.25) is 0 Å². The van der Waals surface area contributed by atoms with Crippen LogP contribution < -0.4 is 5.32 Å². The lowest BCUT2D eigenvalue weighted by Crippen LogP contribution is -2.22. The van der Waals surface area contributed by atoms with Crippen LogP contribution in [-0.2, 0) is 11.3 Å². The van der Waals surface area contributed by atoms with E-state index in [9.17, 15) is 14.0 Å². The predicted octanol–water partition coefficient (Wildman–Crippen LogP) is 2.41. The highest BCUT2D eigenvalue weighted by Crippen LogP contribution is 2.29. The molecule has 0 aliphatic rings. The second kappa shape index (κ2) is 5.99. The molecule has 0 unspecified atom stereocenters. The zero-order chi connectivity index (χ0) is 14.5. The number of nitrogens with one attached hydrogen (secondary N) is 1. The number of carbonyl (C=O) groups excluding carboxylic acids is 1. The van der Waals surface area contributed by atoms with Crippen LogP contribution in [0, 0.1) is 5.82 Å². The number of halogens is 1. The molecule has 0 aliphatic heterocycles. The third-order valence-corrected chi connectivity index (χ3v) is 2.84. The second-order valence-corrected chi connectivity index (χ2v) is 4.16. The van der Waals surface area contributed by atoms with Gasteiger partial charge in [-0.15, -0.1) is 0 Å². The number of fused-ring (bicyclic) bond motifs is 1. The molecular formula is C13H12FN3O3. The molecule has 1 amide bonds. The summed E-state index contributed by atoms with van der Waals surface area (Å²) in [5, 5.41) is 11.3. The summed E-state index contributed by atoms with van der Waals surface area (Å²) in [6.45, 7) is 0.833. The molecule has 6 nitrogen and oxygen atoms in total. The molecular weight excluding hydrogens is 265 g/mol. The van der Waals surface area contributed by atoms with E-state index in [1.165, 1.54) is 18.2 Å². The van der Waals surface area contributed by atoms with Crippen LogP contribution in [0.4, 0.5) is 14.9 Å². The standard InChI is InChI=1S/C13H12FN3O3/c14-9-2-3-12-10(6-9)11(16-8-18)7-17(12)5-1-4-15-13(19)20/h2-3,6-7,15H,1,4-5H2,(H,19,20). The van der Waals surface area contributed by atoms with Crippen molar-refractivity contribution < 1.29 is 19.1 Å². The highest BCUT2D eigenvalue weighted by molar-refractivity contribution is 5.92. The van der Waals surface area contributed by atoms with Crippen LogP contribution in [0.25, 0.3) is 10.9 Å². The fraction of sp³-hybridized carbons (Fsp3) is 0.231. The summed E-state index contributed by atoms with van der Waals surface area (Å²) in [7, 11) is 0. The van der Waals surface area contributed by atoms with E-state index >= 15 is 0 Å². The van der Waals surface area contributed by atoms with Gasteiger partial charge in [0, 0.05) is 24.7 Å². The van der Waals surface area contributed by atoms with Crippen molar-refractivity contribution in [1.82, 2.24) is 9.88 Å². The Kier molecular flexibility index (Phi) is 4.12. The average molecular weight is 277 g/mol. The number of hydrogen-bond acceptors (Lipinski definition) is 3. The van der Waals surface area contributed by atoms with Crippen LogP contribution in [0.1, 0.15) is 6.42 Å². The highest BCUT2D eigenvalue weighted by atomic mass is 19.1. The van der Waals surface area contributed by atoms with Gasteiger partial charge in [-0.2, -0.15) is 4.99 Å². The summed E-state index contributed by atoms with van der Waals surface area (Å²) in [5.41, 5.74) is 1.08. The maximum absolute atomic E-state index is 13.2. The molecule has 104 valence electrons. The molecule has 2 rings (SSSR count). The van der Waals surface area contributed by atoms with E-state index in [4.69, 9.17) is 5.11 Å². The molecule has 2 N–H and O–H groups in total. The molecule has 7 heteroatoms. The molecule has 2 aromatic rings. The van der Waals surface area contributed by atoms with Crippen molar-refractivity contribution in [3.05, 3.63) is 30.2 Å². The van der Waals surface area contributed by atoms with Crippen molar-refractivity contribution in [2.75, 3.05) is 6.54 Å². The molecule has 0 radical (unpaired) electrons. The van der Waals surface area contributed by atoms with Crippen molar-refractivity contribution in [2.24, 2.45) is 4.99 Å². The molecule has 0 saturated carbocycles. The number of benzene rings is 1. The van der Waals surface area contributed by atoms with Gasteiger partial charge in [0.15, 0.2) is 0 Å². The second-order valence-electron chi connectivity index (χ2n) is 4.16. The molecule has 0 spiro atoms. The Morgan fingerprint density at radius 3 is 3.00 bits per heavy atom. The van der Waals surface area contributed by atoms with Crippen LogP contribution in [-0.4, -0.2) is 28.4 Å². The number of isocyanates is 1. The van der Waals surface area contributed by atoms with E-state index in [1.807, 2.05) is 0 Å². The Morgan fingerprint density at radius 1 is 1.50 bits per heavy atom. The Hall–Kier alpha value is -2.66. The first-order valence-electron chi connectivity index (χ1n) is 5.95. The molecule has 20 heavy (non-hydrogen) atoms. The molecule has 0 saturated heterocycles. The molecule has 0 bridgehead atoms. The number of rotatable bonds is 5. The number of aliphatic imine (C=N–C) groups is 1. The van der Waals surface area contributed by atoms with Gasteiger partial charge in [-0.05, 0) is 24.6 Å². The summed E-state index contributed by atoms with van der Waals surface area (Å²) in [4.78, 5) is 24.3. The minimum absolute atomic E-state index is 0.308. The number of aromatic nitrogens is 1. The molecule has 0 atom stereocenters. The van der Waals surface area contributed by atoms with E-state index in [-0.39, 0.29) is 0 Å². The first-order valence-corrected chi connectivity index (χ1v) is 5.95. The number of nitrogens with zero attached hydrogens (tertiary/aromatic N) is 2. The van der Waals surface area contributed by atoms with E-state index < -0.39 is 11.9 Å². The summed E-state index contributed by atoms with van der Waals surface area (Å²) >= 11 is 0. The van der Waals surface area contributed by atoms with Crippen molar-refractivity contribution in [2.45, 2.75) is 13.0 Å². The Bertz CT molecular complexity index is 689. The number of carbonyl (C=O) groups is 1. The van der Waals surface area contributed by atoms with E-state index in [0.717, 1.165) is 5.52 Å². The molecule has 1 aromatic carbocycles. The van der Waals surface area contributed by atoms with Gasteiger partial charge in [0.1, 0.15) is 11.5 Å². The van der Waals surface area contributed by atoms with Crippen LogP contribution in [0.3, 0.4) is 0 Å². The number of carboxylic acid groups (broad SMARTS) is 1. The van der Waals surface area contributed by atoms with Crippen molar-refractivity contribution >= 4 is 28.8 Å². The van der Waals surface area contributed by atoms with Crippen molar-refractivity contribution in [3.63, 3.8) is 0 Å². The Balaban J connectivity index is 2.24. The third kappa shape index (κ3) is 3.02. The van der Waals surface area contributed by atoms with Gasteiger partial charge in [0.25, 0.3) is 0 Å². The van der Waals surface area contributed by atoms with Gasteiger partial charge in [-0.3, -0.25) is 0 Å². The van der Waals surface area contributed by atoms with Gasteiger partial charge < -0.3 is 15.0 Å². The predicted molar refractivity (Wildman–Crippen MR) is 70.3 cm³/mol. The van der Waals surface area contributed by atoms with E-state index in [0.29, 0.717) is 30.6 Å². The van der Waals surface area contributed by atoms with Crippen LogP contribution >= 0.6 is 0 Å².